The van der Waals surface area contributed by atoms with E-state index in [0.29, 0.717) is 24.7 Å². The first-order valence-electron chi connectivity index (χ1n) is 9.25. The van der Waals surface area contributed by atoms with Crippen molar-refractivity contribution < 1.29 is 13.9 Å². The van der Waals surface area contributed by atoms with Crippen molar-refractivity contribution in [1.29, 1.82) is 0 Å². The number of carbonyl (C=O) groups excluding carboxylic acids is 1. The van der Waals surface area contributed by atoms with Crippen LogP contribution in [0.15, 0.2) is 59.0 Å². The molecule has 0 aliphatic heterocycles. The SMILES string of the molecule is CCCCCCNC(=O)c1ccc(COc2ccc3ccccc3c2)o1. The Morgan fingerprint density at radius 2 is 1.85 bits per heavy atom. The van der Waals surface area contributed by atoms with E-state index in [1.807, 2.05) is 30.3 Å². The summed E-state index contributed by atoms with van der Waals surface area (Å²) in [6.45, 7) is 3.15. The number of hydrogen-bond acceptors (Lipinski definition) is 3. The first-order chi connectivity index (χ1) is 12.8. The van der Waals surface area contributed by atoms with Crippen LogP contribution >= 0.6 is 0 Å². The molecule has 0 saturated heterocycles. The van der Waals surface area contributed by atoms with Gasteiger partial charge in [-0.1, -0.05) is 56.5 Å². The molecule has 1 N–H and O–H groups in total. The molecule has 0 radical (unpaired) electrons. The van der Waals surface area contributed by atoms with Gasteiger partial charge in [0.2, 0.25) is 0 Å². The Morgan fingerprint density at radius 3 is 2.69 bits per heavy atom. The van der Waals surface area contributed by atoms with Crippen molar-refractivity contribution in [3.05, 3.63) is 66.1 Å². The number of carbonyl (C=O) groups is 1. The van der Waals surface area contributed by atoms with E-state index in [1.54, 1.807) is 12.1 Å². The molecule has 0 unspecified atom stereocenters. The summed E-state index contributed by atoms with van der Waals surface area (Å²) >= 11 is 0. The van der Waals surface area contributed by atoms with Crippen molar-refractivity contribution >= 4 is 16.7 Å². The van der Waals surface area contributed by atoms with E-state index in [1.165, 1.54) is 18.2 Å². The van der Waals surface area contributed by atoms with E-state index >= 15 is 0 Å². The summed E-state index contributed by atoms with van der Waals surface area (Å²) in [6, 6.07) is 17.6. The third kappa shape index (κ3) is 4.88. The van der Waals surface area contributed by atoms with Crippen molar-refractivity contribution in [1.82, 2.24) is 5.32 Å². The smallest absolute Gasteiger partial charge is 0.286 e. The maximum absolute atomic E-state index is 12.1. The summed E-state index contributed by atoms with van der Waals surface area (Å²) in [7, 11) is 0. The third-order valence-corrected chi connectivity index (χ3v) is 4.30. The number of benzene rings is 2. The van der Waals surface area contributed by atoms with Gasteiger partial charge in [0.05, 0.1) is 0 Å². The predicted molar refractivity (Wildman–Crippen MR) is 103 cm³/mol. The minimum atomic E-state index is -0.168. The van der Waals surface area contributed by atoms with Crippen LogP contribution in [0.3, 0.4) is 0 Å². The number of nitrogens with one attached hydrogen (secondary N) is 1. The van der Waals surface area contributed by atoms with Crippen molar-refractivity contribution in [2.24, 2.45) is 0 Å². The predicted octanol–water partition coefficient (Wildman–Crippen LogP) is 5.32. The van der Waals surface area contributed by atoms with Gasteiger partial charge >= 0.3 is 0 Å². The van der Waals surface area contributed by atoms with E-state index in [2.05, 4.69) is 24.4 Å². The number of hydrogen-bond donors (Lipinski definition) is 1. The summed E-state index contributed by atoms with van der Waals surface area (Å²) in [5, 5.41) is 5.20. The average molecular weight is 351 g/mol. The fourth-order valence-corrected chi connectivity index (χ4v) is 2.83. The Kier molecular flexibility index (Phi) is 6.31. The lowest BCUT2D eigenvalue weighted by molar-refractivity contribution is 0.0921. The molecule has 4 nitrogen and oxygen atoms in total. The standard InChI is InChI=1S/C22H25NO3/c1-2-3-4-7-14-23-22(24)21-13-12-20(26-21)16-25-19-11-10-17-8-5-6-9-18(17)15-19/h5-6,8-13,15H,2-4,7,14,16H2,1H3,(H,23,24). The minimum Gasteiger partial charge on any atom is -0.486 e. The molecule has 1 heterocycles. The van der Waals surface area contributed by atoms with Gasteiger partial charge in [0.25, 0.3) is 5.91 Å². The fraction of sp³-hybridized carbons (Fsp3) is 0.318. The molecule has 1 amide bonds. The number of fused-ring (bicyclic) bond motifs is 1. The van der Waals surface area contributed by atoms with Crippen LogP contribution in [0.1, 0.15) is 48.9 Å². The molecule has 1 aromatic heterocycles. The maximum Gasteiger partial charge on any atom is 0.286 e. The monoisotopic (exact) mass is 351 g/mol. The molecule has 0 aliphatic carbocycles. The van der Waals surface area contributed by atoms with Gasteiger partial charge in [-0.05, 0) is 41.5 Å². The molecule has 0 saturated carbocycles. The fourth-order valence-electron chi connectivity index (χ4n) is 2.83. The van der Waals surface area contributed by atoms with Gasteiger partial charge in [-0.25, -0.2) is 0 Å². The van der Waals surface area contributed by atoms with Gasteiger partial charge in [-0.3, -0.25) is 4.79 Å². The molecule has 3 aromatic rings. The molecule has 0 spiro atoms. The Labute approximate surface area is 154 Å². The van der Waals surface area contributed by atoms with Crippen LogP contribution in [0, 0.1) is 0 Å². The number of furan rings is 1. The first kappa shape index (κ1) is 18.1. The van der Waals surface area contributed by atoms with Gasteiger partial charge in [0.15, 0.2) is 5.76 Å². The minimum absolute atomic E-state index is 0.168. The zero-order valence-corrected chi connectivity index (χ0v) is 15.2. The molecule has 3 rings (SSSR count). The number of unbranched alkanes of at least 4 members (excludes halogenated alkanes) is 3. The largest absolute Gasteiger partial charge is 0.486 e. The van der Waals surface area contributed by atoms with E-state index in [9.17, 15) is 4.79 Å². The second-order valence-electron chi connectivity index (χ2n) is 6.38. The van der Waals surface area contributed by atoms with Crippen LogP contribution in [0.2, 0.25) is 0 Å². The van der Waals surface area contributed by atoms with Gasteiger partial charge in [0, 0.05) is 6.54 Å². The van der Waals surface area contributed by atoms with Crippen molar-refractivity contribution in [3.63, 3.8) is 0 Å². The molecule has 2 aromatic carbocycles. The quantitative estimate of drug-likeness (QED) is 0.531. The van der Waals surface area contributed by atoms with Crippen LogP contribution in [0.25, 0.3) is 10.8 Å². The molecular formula is C22H25NO3. The summed E-state index contributed by atoms with van der Waals surface area (Å²) in [6.07, 6.45) is 4.53. The Hall–Kier alpha value is -2.75. The molecule has 0 fully saturated rings. The Balaban J connectivity index is 1.50. The number of amides is 1. The highest BCUT2D eigenvalue weighted by atomic mass is 16.5. The zero-order valence-electron chi connectivity index (χ0n) is 15.2. The molecule has 26 heavy (non-hydrogen) atoms. The maximum atomic E-state index is 12.1. The lowest BCUT2D eigenvalue weighted by Gasteiger charge is -2.06. The van der Waals surface area contributed by atoms with Gasteiger partial charge in [-0.15, -0.1) is 0 Å². The lowest BCUT2D eigenvalue weighted by Crippen LogP contribution is -2.23. The normalized spacial score (nSPS) is 10.8. The van der Waals surface area contributed by atoms with Crippen molar-refractivity contribution in [2.75, 3.05) is 6.54 Å². The van der Waals surface area contributed by atoms with Gasteiger partial charge in [0.1, 0.15) is 18.1 Å². The highest BCUT2D eigenvalue weighted by Gasteiger charge is 2.11. The van der Waals surface area contributed by atoms with Crippen LogP contribution < -0.4 is 10.1 Å². The van der Waals surface area contributed by atoms with Gasteiger partial charge in [-0.2, -0.15) is 0 Å². The highest BCUT2D eigenvalue weighted by Crippen LogP contribution is 2.21. The van der Waals surface area contributed by atoms with Crippen molar-refractivity contribution in [2.45, 2.75) is 39.2 Å². The average Bonchev–Trinajstić information content (AvgIpc) is 3.15. The summed E-state index contributed by atoms with van der Waals surface area (Å²) in [5.74, 6) is 1.58. The van der Waals surface area contributed by atoms with Crippen LogP contribution in [-0.4, -0.2) is 12.5 Å². The molecular weight excluding hydrogens is 326 g/mol. The van der Waals surface area contributed by atoms with Crippen LogP contribution in [0.5, 0.6) is 5.75 Å². The number of rotatable bonds is 9. The van der Waals surface area contributed by atoms with Crippen molar-refractivity contribution in [3.8, 4) is 5.75 Å². The molecule has 4 heteroatoms. The third-order valence-electron chi connectivity index (χ3n) is 4.30. The van der Waals surface area contributed by atoms with E-state index < -0.39 is 0 Å². The highest BCUT2D eigenvalue weighted by molar-refractivity contribution is 5.91. The Morgan fingerprint density at radius 1 is 1.00 bits per heavy atom. The topological polar surface area (TPSA) is 51.5 Å². The van der Waals surface area contributed by atoms with Crippen LogP contribution in [-0.2, 0) is 6.61 Å². The Bertz CT molecular complexity index is 853. The van der Waals surface area contributed by atoms with E-state index in [-0.39, 0.29) is 5.91 Å². The van der Waals surface area contributed by atoms with Crippen LogP contribution in [0.4, 0.5) is 0 Å². The molecule has 0 atom stereocenters. The second-order valence-corrected chi connectivity index (χ2v) is 6.38. The molecule has 136 valence electrons. The molecule has 0 bridgehead atoms. The molecule has 0 aliphatic rings. The van der Waals surface area contributed by atoms with E-state index in [0.717, 1.165) is 24.0 Å². The summed E-state index contributed by atoms with van der Waals surface area (Å²) in [5.41, 5.74) is 0. The lowest BCUT2D eigenvalue weighted by atomic mass is 10.1. The summed E-state index contributed by atoms with van der Waals surface area (Å²) in [4.78, 5) is 12.1. The second kappa shape index (κ2) is 9.09. The summed E-state index contributed by atoms with van der Waals surface area (Å²) < 4.78 is 11.4. The van der Waals surface area contributed by atoms with Gasteiger partial charge < -0.3 is 14.5 Å². The zero-order chi connectivity index (χ0) is 18.2. The van der Waals surface area contributed by atoms with E-state index in [4.69, 9.17) is 9.15 Å². The first-order valence-corrected chi connectivity index (χ1v) is 9.25. The number of ether oxygens (including phenoxy) is 1.